The van der Waals surface area contributed by atoms with Crippen molar-refractivity contribution in [2.75, 3.05) is 0 Å². The molecule has 1 heterocycles. The van der Waals surface area contributed by atoms with Crippen LogP contribution in [0.25, 0.3) is 0 Å². The van der Waals surface area contributed by atoms with E-state index in [1.807, 2.05) is 6.92 Å². The fraction of sp³-hybridized carbons (Fsp3) is 0.357. The molecule has 0 aliphatic rings. The summed E-state index contributed by atoms with van der Waals surface area (Å²) in [7, 11) is 0. The van der Waals surface area contributed by atoms with Crippen LogP contribution in [0.3, 0.4) is 0 Å². The highest BCUT2D eigenvalue weighted by Gasteiger charge is 2.31. The molecule has 1 unspecified atom stereocenters. The predicted molar refractivity (Wildman–Crippen MR) is 70.0 cm³/mol. The molecular formula is C14H16F3N3. The molecule has 108 valence electrons. The molecule has 0 fully saturated rings. The molecule has 0 spiro atoms. The fourth-order valence-corrected chi connectivity index (χ4v) is 2.08. The Balaban J connectivity index is 2.33. The molecule has 2 N–H and O–H groups in total. The highest BCUT2D eigenvalue weighted by molar-refractivity contribution is 5.32. The quantitative estimate of drug-likeness (QED) is 0.935. The number of benzene rings is 1. The van der Waals surface area contributed by atoms with Gasteiger partial charge in [0.05, 0.1) is 17.3 Å². The third-order valence-corrected chi connectivity index (χ3v) is 3.08. The van der Waals surface area contributed by atoms with Crippen LogP contribution in [0.4, 0.5) is 13.2 Å². The third kappa shape index (κ3) is 3.01. The largest absolute Gasteiger partial charge is 0.416 e. The van der Waals surface area contributed by atoms with E-state index in [1.165, 1.54) is 6.07 Å². The summed E-state index contributed by atoms with van der Waals surface area (Å²) in [6, 6.07) is 6.22. The summed E-state index contributed by atoms with van der Waals surface area (Å²) in [5.41, 5.74) is 6.53. The minimum atomic E-state index is -4.36. The number of hydrogen-bond acceptors (Lipinski definition) is 2. The van der Waals surface area contributed by atoms with Gasteiger partial charge in [-0.1, -0.05) is 19.1 Å². The molecular weight excluding hydrogens is 267 g/mol. The average molecular weight is 283 g/mol. The highest BCUT2D eigenvalue weighted by atomic mass is 19.4. The van der Waals surface area contributed by atoms with Crippen molar-refractivity contribution in [1.29, 1.82) is 0 Å². The van der Waals surface area contributed by atoms with E-state index in [0.29, 0.717) is 17.8 Å². The molecule has 1 aromatic heterocycles. The number of halogens is 3. The number of hydrogen-bond donors (Lipinski definition) is 1. The maximum Gasteiger partial charge on any atom is 0.416 e. The molecule has 1 aromatic carbocycles. The Bertz CT molecular complexity index is 575. The maximum absolute atomic E-state index is 12.7. The molecule has 2 aromatic rings. The average Bonchev–Trinajstić information content (AvgIpc) is 2.86. The number of alkyl halides is 3. The second-order valence-electron chi connectivity index (χ2n) is 4.58. The van der Waals surface area contributed by atoms with Crippen LogP contribution >= 0.6 is 0 Å². The number of aromatic nitrogens is 2. The van der Waals surface area contributed by atoms with E-state index in [0.717, 1.165) is 18.6 Å². The Morgan fingerprint density at radius 2 is 2.05 bits per heavy atom. The van der Waals surface area contributed by atoms with Crippen LogP contribution in [-0.2, 0) is 12.7 Å². The van der Waals surface area contributed by atoms with Crippen LogP contribution in [0, 0.1) is 0 Å². The van der Waals surface area contributed by atoms with Gasteiger partial charge in [0.2, 0.25) is 0 Å². The van der Waals surface area contributed by atoms with Gasteiger partial charge >= 0.3 is 6.18 Å². The van der Waals surface area contributed by atoms with Gasteiger partial charge in [-0.2, -0.15) is 18.3 Å². The Morgan fingerprint density at radius 1 is 1.30 bits per heavy atom. The summed E-state index contributed by atoms with van der Waals surface area (Å²) in [4.78, 5) is 0. The monoisotopic (exact) mass is 283 g/mol. The topological polar surface area (TPSA) is 43.8 Å². The van der Waals surface area contributed by atoms with Crippen LogP contribution in [-0.4, -0.2) is 9.78 Å². The van der Waals surface area contributed by atoms with Crippen LogP contribution < -0.4 is 5.73 Å². The molecule has 2 rings (SSSR count). The summed E-state index contributed by atoms with van der Waals surface area (Å²) < 4.78 is 39.9. The molecule has 0 aliphatic heterocycles. The van der Waals surface area contributed by atoms with Gasteiger partial charge in [0.15, 0.2) is 0 Å². The number of rotatable bonds is 4. The zero-order valence-corrected chi connectivity index (χ0v) is 11.1. The van der Waals surface area contributed by atoms with Crippen molar-refractivity contribution in [1.82, 2.24) is 9.78 Å². The van der Waals surface area contributed by atoms with Crippen molar-refractivity contribution in [3.63, 3.8) is 0 Å². The van der Waals surface area contributed by atoms with Crippen molar-refractivity contribution >= 4 is 0 Å². The summed E-state index contributed by atoms with van der Waals surface area (Å²) in [6.45, 7) is 2.69. The van der Waals surface area contributed by atoms with E-state index in [2.05, 4.69) is 5.10 Å². The van der Waals surface area contributed by atoms with Gasteiger partial charge in [-0.25, -0.2) is 0 Å². The van der Waals surface area contributed by atoms with Crippen LogP contribution in [0.2, 0.25) is 0 Å². The normalized spacial score (nSPS) is 13.4. The molecule has 0 saturated heterocycles. The molecule has 0 bridgehead atoms. The van der Waals surface area contributed by atoms with Crippen LogP contribution in [0.1, 0.15) is 36.2 Å². The summed E-state index contributed by atoms with van der Waals surface area (Å²) in [5.74, 6) is 0. The van der Waals surface area contributed by atoms with Gasteiger partial charge in [0.1, 0.15) is 0 Å². The Labute approximate surface area is 115 Å². The molecule has 0 saturated carbocycles. The third-order valence-electron chi connectivity index (χ3n) is 3.08. The molecule has 3 nitrogen and oxygen atoms in total. The Morgan fingerprint density at radius 3 is 2.70 bits per heavy atom. The lowest BCUT2D eigenvalue weighted by Crippen LogP contribution is -2.18. The molecule has 20 heavy (non-hydrogen) atoms. The van der Waals surface area contributed by atoms with Gasteiger partial charge in [0, 0.05) is 12.7 Å². The second-order valence-corrected chi connectivity index (χ2v) is 4.58. The van der Waals surface area contributed by atoms with Gasteiger partial charge in [0.25, 0.3) is 0 Å². The summed E-state index contributed by atoms with van der Waals surface area (Å²) in [6.07, 6.45) is -1.87. The van der Waals surface area contributed by atoms with E-state index in [1.54, 1.807) is 23.0 Å². The number of aryl methyl sites for hydroxylation is 1. The number of nitrogens with zero attached hydrogens (tertiary/aromatic N) is 2. The van der Waals surface area contributed by atoms with Gasteiger partial charge in [-0.05, 0) is 30.2 Å². The van der Waals surface area contributed by atoms with Gasteiger partial charge in [-0.3, -0.25) is 4.68 Å². The van der Waals surface area contributed by atoms with Crippen molar-refractivity contribution in [3.05, 3.63) is 53.3 Å². The summed E-state index contributed by atoms with van der Waals surface area (Å²) in [5, 5.41) is 4.14. The molecule has 0 radical (unpaired) electrons. The van der Waals surface area contributed by atoms with Crippen molar-refractivity contribution < 1.29 is 13.2 Å². The maximum atomic E-state index is 12.7. The lowest BCUT2D eigenvalue weighted by Gasteiger charge is -2.16. The number of nitrogens with two attached hydrogens (primary N) is 1. The first-order valence-corrected chi connectivity index (χ1v) is 6.38. The first-order valence-electron chi connectivity index (χ1n) is 6.38. The van der Waals surface area contributed by atoms with Crippen molar-refractivity contribution in [2.24, 2.45) is 5.73 Å². The van der Waals surface area contributed by atoms with E-state index in [4.69, 9.17) is 5.73 Å². The van der Waals surface area contributed by atoms with Crippen molar-refractivity contribution in [3.8, 4) is 0 Å². The minimum absolute atomic E-state index is 0.428. The first-order chi connectivity index (χ1) is 9.43. The van der Waals surface area contributed by atoms with E-state index >= 15 is 0 Å². The molecule has 0 aliphatic carbocycles. The zero-order valence-electron chi connectivity index (χ0n) is 11.1. The fourth-order valence-electron chi connectivity index (χ4n) is 2.08. The van der Waals surface area contributed by atoms with Crippen LogP contribution in [0.5, 0.6) is 0 Å². The SMILES string of the molecule is CCCn1nccc1C(N)c1cccc(C(F)(F)F)c1. The first kappa shape index (κ1) is 14.6. The Kier molecular flexibility index (Phi) is 4.13. The minimum Gasteiger partial charge on any atom is -0.319 e. The lowest BCUT2D eigenvalue weighted by molar-refractivity contribution is -0.137. The lowest BCUT2D eigenvalue weighted by atomic mass is 10.0. The standard InChI is InChI=1S/C14H16F3N3/c1-2-8-20-12(6-7-19-20)13(18)10-4-3-5-11(9-10)14(15,16)17/h3-7,9,13H,2,8,18H2,1H3. The van der Waals surface area contributed by atoms with E-state index < -0.39 is 17.8 Å². The highest BCUT2D eigenvalue weighted by Crippen LogP contribution is 2.31. The van der Waals surface area contributed by atoms with Gasteiger partial charge in [-0.15, -0.1) is 0 Å². The van der Waals surface area contributed by atoms with Gasteiger partial charge < -0.3 is 5.73 Å². The summed E-state index contributed by atoms with van der Waals surface area (Å²) >= 11 is 0. The van der Waals surface area contributed by atoms with Crippen molar-refractivity contribution in [2.45, 2.75) is 32.1 Å². The van der Waals surface area contributed by atoms with Crippen LogP contribution in [0.15, 0.2) is 36.5 Å². The Hall–Kier alpha value is -1.82. The molecule has 0 amide bonds. The molecule has 1 atom stereocenters. The smallest absolute Gasteiger partial charge is 0.319 e. The zero-order chi connectivity index (χ0) is 14.8. The second kappa shape index (κ2) is 5.66. The predicted octanol–water partition coefficient (Wildman–Crippen LogP) is 3.36. The molecule has 6 heteroatoms. The van der Waals surface area contributed by atoms with E-state index in [9.17, 15) is 13.2 Å². The van der Waals surface area contributed by atoms with E-state index in [-0.39, 0.29) is 0 Å².